The summed E-state index contributed by atoms with van der Waals surface area (Å²) in [6.07, 6.45) is 0. The Morgan fingerprint density at radius 1 is 1.47 bits per heavy atom. The van der Waals surface area contributed by atoms with Crippen LogP contribution in [0.3, 0.4) is 0 Å². The summed E-state index contributed by atoms with van der Waals surface area (Å²) in [5, 5.41) is 12.1. The van der Waals surface area contributed by atoms with E-state index in [2.05, 4.69) is 22.4 Å². The highest BCUT2D eigenvalue weighted by Gasteiger charge is 2.28. The van der Waals surface area contributed by atoms with Crippen molar-refractivity contribution in [1.82, 2.24) is 10.2 Å². The molecular weight excluding hydrogens is 186 g/mol. The smallest absolute Gasteiger partial charge is 0.0994 e. The largest absolute Gasteiger partial charge is 0.307 e. The van der Waals surface area contributed by atoms with Gasteiger partial charge in [-0.05, 0) is 18.7 Å². The molecule has 1 aliphatic rings. The van der Waals surface area contributed by atoms with E-state index in [-0.39, 0.29) is 0 Å². The molecule has 1 aromatic rings. The number of hydrogen-bond donors (Lipinski definition) is 1. The van der Waals surface area contributed by atoms with E-state index in [1.54, 1.807) is 0 Å². The van der Waals surface area contributed by atoms with Gasteiger partial charge in [-0.2, -0.15) is 5.26 Å². The molecule has 1 N–H and O–H groups in total. The molecule has 78 valence electrons. The van der Waals surface area contributed by atoms with Gasteiger partial charge in [0.2, 0.25) is 0 Å². The van der Waals surface area contributed by atoms with Crippen LogP contribution in [0.5, 0.6) is 0 Å². The van der Waals surface area contributed by atoms with E-state index in [1.165, 1.54) is 5.56 Å². The van der Waals surface area contributed by atoms with E-state index in [4.69, 9.17) is 5.26 Å². The number of nitrogens with zero attached hydrogens (tertiary/aromatic N) is 2. The SMILES string of the molecule is CNCN1CC(c2ccccc2C#N)C1. The fourth-order valence-corrected chi connectivity index (χ4v) is 2.07. The van der Waals surface area contributed by atoms with E-state index in [9.17, 15) is 0 Å². The van der Waals surface area contributed by atoms with Crippen molar-refractivity contribution >= 4 is 0 Å². The van der Waals surface area contributed by atoms with Crippen molar-refractivity contribution in [3.8, 4) is 6.07 Å². The Balaban J connectivity index is 2.04. The van der Waals surface area contributed by atoms with Crippen molar-refractivity contribution in [2.75, 3.05) is 26.8 Å². The molecule has 0 unspecified atom stereocenters. The molecule has 0 aromatic heterocycles. The van der Waals surface area contributed by atoms with Crippen LogP contribution >= 0.6 is 0 Å². The molecule has 0 spiro atoms. The van der Waals surface area contributed by atoms with Crippen LogP contribution in [0.25, 0.3) is 0 Å². The summed E-state index contributed by atoms with van der Waals surface area (Å²) in [7, 11) is 1.95. The van der Waals surface area contributed by atoms with Gasteiger partial charge in [-0.25, -0.2) is 0 Å². The average Bonchev–Trinajstić information content (AvgIpc) is 2.23. The maximum atomic E-state index is 8.98. The zero-order valence-electron chi connectivity index (χ0n) is 8.90. The number of rotatable bonds is 3. The van der Waals surface area contributed by atoms with Crippen LogP contribution in [0.15, 0.2) is 24.3 Å². The molecule has 1 heterocycles. The second-order valence-corrected chi connectivity index (χ2v) is 3.94. The fraction of sp³-hybridized carbons (Fsp3) is 0.417. The average molecular weight is 201 g/mol. The van der Waals surface area contributed by atoms with Crippen LogP contribution < -0.4 is 5.32 Å². The quantitative estimate of drug-likeness (QED) is 0.797. The normalized spacial score (nSPS) is 17.1. The summed E-state index contributed by atoms with van der Waals surface area (Å²) in [5.41, 5.74) is 2.03. The highest BCUT2D eigenvalue weighted by atomic mass is 15.3. The van der Waals surface area contributed by atoms with Crippen molar-refractivity contribution in [2.24, 2.45) is 0 Å². The topological polar surface area (TPSA) is 39.1 Å². The van der Waals surface area contributed by atoms with Crippen molar-refractivity contribution < 1.29 is 0 Å². The predicted octanol–water partition coefficient (Wildman–Crippen LogP) is 1.13. The van der Waals surface area contributed by atoms with Gasteiger partial charge in [-0.1, -0.05) is 18.2 Å². The third kappa shape index (κ3) is 2.01. The van der Waals surface area contributed by atoms with E-state index in [0.29, 0.717) is 5.92 Å². The molecule has 15 heavy (non-hydrogen) atoms. The summed E-state index contributed by atoms with van der Waals surface area (Å²) in [5.74, 6) is 0.536. The lowest BCUT2D eigenvalue weighted by Gasteiger charge is -2.39. The molecule has 1 saturated heterocycles. The van der Waals surface area contributed by atoms with Crippen LogP contribution in [0.1, 0.15) is 17.0 Å². The molecule has 0 saturated carbocycles. The zero-order chi connectivity index (χ0) is 10.7. The fourth-order valence-electron chi connectivity index (χ4n) is 2.07. The summed E-state index contributed by atoms with van der Waals surface area (Å²) in [4.78, 5) is 2.33. The first-order valence-electron chi connectivity index (χ1n) is 5.21. The third-order valence-corrected chi connectivity index (χ3v) is 2.86. The second-order valence-electron chi connectivity index (χ2n) is 3.94. The number of benzene rings is 1. The molecule has 0 atom stereocenters. The Kier molecular flexibility index (Phi) is 3.00. The maximum Gasteiger partial charge on any atom is 0.0994 e. The predicted molar refractivity (Wildman–Crippen MR) is 59.4 cm³/mol. The molecule has 0 aliphatic carbocycles. The van der Waals surface area contributed by atoms with Gasteiger partial charge in [0.25, 0.3) is 0 Å². The summed E-state index contributed by atoms with van der Waals surface area (Å²) in [6.45, 7) is 3.05. The van der Waals surface area contributed by atoms with Crippen molar-refractivity contribution in [3.05, 3.63) is 35.4 Å². The number of hydrogen-bond acceptors (Lipinski definition) is 3. The lowest BCUT2D eigenvalue weighted by Crippen LogP contribution is -2.48. The van der Waals surface area contributed by atoms with Crippen LogP contribution in [0.4, 0.5) is 0 Å². The van der Waals surface area contributed by atoms with E-state index in [1.807, 2.05) is 25.2 Å². The van der Waals surface area contributed by atoms with Gasteiger partial charge in [0, 0.05) is 25.7 Å². The molecule has 0 radical (unpaired) electrons. The standard InChI is InChI=1S/C12H15N3/c1-14-9-15-7-11(8-15)12-5-3-2-4-10(12)6-13/h2-5,11,14H,7-9H2,1H3. The van der Waals surface area contributed by atoms with Gasteiger partial charge in [-0.3, -0.25) is 4.90 Å². The first-order chi connectivity index (χ1) is 7.35. The van der Waals surface area contributed by atoms with Crippen molar-refractivity contribution in [2.45, 2.75) is 5.92 Å². The second kappa shape index (κ2) is 4.43. The van der Waals surface area contributed by atoms with Gasteiger partial charge in [-0.15, -0.1) is 0 Å². The summed E-state index contributed by atoms with van der Waals surface area (Å²) in [6, 6.07) is 10.2. The van der Waals surface area contributed by atoms with Crippen molar-refractivity contribution in [3.63, 3.8) is 0 Å². The number of nitrogens with one attached hydrogen (secondary N) is 1. The minimum absolute atomic E-state index is 0.536. The minimum atomic E-state index is 0.536. The minimum Gasteiger partial charge on any atom is -0.307 e. The van der Waals surface area contributed by atoms with Crippen LogP contribution in [0, 0.1) is 11.3 Å². The molecular formula is C12H15N3. The Labute approximate surface area is 90.3 Å². The molecule has 0 bridgehead atoms. The van der Waals surface area contributed by atoms with E-state index < -0.39 is 0 Å². The first-order valence-corrected chi connectivity index (χ1v) is 5.21. The molecule has 1 fully saturated rings. The van der Waals surface area contributed by atoms with Crippen molar-refractivity contribution in [1.29, 1.82) is 5.26 Å². The van der Waals surface area contributed by atoms with E-state index >= 15 is 0 Å². The highest BCUT2D eigenvalue weighted by Crippen LogP contribution is 2.28. The maximum absolute atomic E-state index is 8.98. The Morgan fingerprint density at radius 3 is 2.87 bits per heavy atom. The van der Waals surface area contributed by atoms with Gasteiger partial charge in [0.1, 0.15) is 0 Å². The molecule has 1 aliphatic heterocycles. The summed E-state index contributed by atoms with van der Waals surface area (Å²) < 4.78 is 0. The molecule has 3 heteroatoms. The lowest BCUT2D eigenvalue weighted by molar-refractivity contribution is 0.140. The Bertz CT molecular complexity index is 375. The Morgan fingerprint density at radius 2 is 2.20 bits per heavy atom. The van der Waals surface area contributed by atoms with Gasteiger partial charge in [0.05, 0.1) is 11.6 Å². The summed E-state index contributed by atoms with van der Waals surface area (Å²) >= 11 is 0. The third-order valence-electron chi connectivity index (χ3n) is 2.86. The molecule has 3 nitrogen and oxygen atoms in total. The van der Waals surface area contributed by atoms with Crippen LogP contribution in [-0.4, -0.2) is 31.7 Å². The molecule has 0 amide bonds. The highest BCUT2D eigenvalue weighted by molar-refractivity contribution is 5.40. The van der Waals surface area contributed by atoms with Gasteiger partial charge < -0.3 is 5.32 Å². The number of likely N-dealkylation sites (tertiary alicyclic amines) is 1. The molecule has 2 rings (SSSR count). The number of nitriles is 1. The lowest BCUT2D eigenvalue weighted by atomic mass is 9.89. The zero-order valence-corrected chi connectivity index (χ0v) is 8.90. The van der Waals surface area contributed by atoms with Crippen LogP contribution in [0.2, 0.25) is 0 Å². The van der Waals surface area contributed by atoms with Gasteiger partial charge in [0.15, 0.2) is 0 Å². The van der Waals surface area contributed by atoms with Gasteiger partial charge >= 0.3 is 0 Å². The first kappa shape index (κ1) is 10.2. The van der Waals surface area contributed by atoms with E-state index in [0.717, 1.165) is 25.3 Å². The Hall–Kier alpha value is -1.37. The molecule has 1 aromatic carbocycles. The monoisotopic (exact) mass is 201 g/mol. The van der Waals surface area contributed by atoms with Crippen LogP contribution in [-0.2, 0) is 0 Å².